The monoisotopic (exact) mass is 292 g/mol. The van der Waals surface area contributed by atoms with Crippen molar-refractivity contribution in [3.63, 3.8) is 0 Å². The molecule has 6 heteroatoms. The van der Waals surface area contributed by atoms with Crippen LogP contribution in [0.1, 0.15) is 55.4 Å². The van der Waals surface area contributed by atoms with Gasteiger partial charge in [-0.3, -0.25) is 0 Å². The van der Waals surface area contributed by atoms with Gasteiger partial charge in [-0.05, 0) is 26.7 Å². The average Bonchev–Trinajstić information content (AvgIpc) is 3.03. The zero-order valence-corrected chi connectivity index (χ0v) is 12.8. The Bertz CT molecular complexity index is 571. The minimum atomic E-state index is 0.570. The smallest absolute Gasteiger partial charge is 0.191 e. The van der Waals surface area contributed by atoms with E-state index < -0.39 is 0 Å². The van der Waals surface area contributed by atoms with E-state index in [9.17, 15) is 0 Å². The molecule has 0 saturated heterocycles. The van der Waals surface area contributed by atoms with Crippen LogP contribution in [0.25, 0.3) is 0 Å². The molecule has 0 unspecified atom stereocenters. The van der Waals surface area contributed by atoms with Crippen LogP contribution in [0.2, 0.25) is 0 Å². The molecule has 2 heterocycles. The third-order valence-electron chi connectivity index (χ3n) is 3.80. The Morgan fingerprint density at radius 1 is 1.25 bits per heavy atom. The zero-order chi connectivity index (χ0) is 13.9. The summed E-state index contributed by atoms with van der Waals surface area (Å²) in [4.78, 5) is 0. The van der Waals surface area contributed by atoms with Crippen LogP contribution in [0.5, 0.6) is 0 Å². The molecular weight excluding hydrogens is 272 g/mol. The van der Waals surface area contributed by atoms with Crippen molar-refractivity contribution < 1.29 is 4.52 Å². The quantitative estimate of drug-likeness (QED) is 0.805. The molecule has 0 radical (unpaired) electrons. The summed E-state index contributed by atoms with van der Waals surface area (Å²) in [6.45, 7) is 3.96. The van der Waals surface area contributed by atoms with Gasteiger partial charge in [0.25, 0.3) is 0 Å². The molecule has 2 aromatic heterocycles. The van der Waals surface area contributed by atoms with E-state index in [-0.39, 0.29) is 0 Å². The van der Waals surface area contributed by atoms with Gasteiger partial charge in [0.2, 0.25) is 0 Å². The van der Waals surface area contributed by atoms with E-state index in [0.717, 1.165) is 28.2 Å². The number of rotatable bonds is 4. The first kappa shape index (κ1) is 13.7. The Labute approximate surface area is 123 Å². The number of hydrogen-bond acceptors (Lipinski definition) is 5. The van der Waals surface area contributed by atoms with Gasteiger partial charge < -0.3 is 9.09 Å². The summed E-state index contributed by atoms with van der Waals surface area (Å²) in [6, 6.07) is 2.54. The summed E-state index contributed by atoms with van der Waals surface area (Å²) in [5.41, 5.74) is 0.961. The molecule has 0 atom stereocenters. The lowest BCUT2D eigenvalue weighted by Crippen LogP contribution is -2.15. The Balaban J connectivity index is 1.72. The fraction of sp³-hybridized carbons (Fsp3) is 0.643. The van der Waals surface area contributed by atoms with Gasteiger partial charge in [0.05, 0.1) is 5.69 Å². The van der Waals surface area contributed by atoms with Crippen LogP contribution >= 0.6 is 11.8 Å². The second kappa shape index (κ2) is 5.99. The number of nitrogens with zero attached hydrogens (tertiary/aromatic N) is 4. The van der Waals surface area contributed by atoms with E-state index in [2.05, 4.69) is 19.9 Å². The minimum Gasteiger partial charge on any atom is -0.361 e. The van der Waals surface area contributed by atoms with Crippen LogP contribution in [0.15, 0.2) is 15.7 Å². The van der Waals surface area contributed by atoms with Crippen LogP contribution in [-0.4, -0.2) is 19.9 Å². The molecule has 108 valence electrons. The van der Waals surface area contributed by atoms with Gasteiger partial charge in [0.15, 0.2) is 5.16 Å². The third kappa shape index (κ3) is 2.90. The van der Waals surface area contributed by atoms with E-state index >= 15 is 0 Å². The molecule has 20 heavy (non-hydrogen) atoms. The highest BCUT2D eigenvalue weighted by atomic mass is 32.2. The SMILES string of the molecule is Cc1cc(CSc2nnc(C)n2C2CCCCC2)no1. The van der Waals surface area contributed by atoms with E-state index in [1.165, 1.54) is 32.1 Å². The van der Waals surface area contributed by atoms with Gasteiger partial charge in [-0.2, -0.15) is 0 Å². The topological polar surface area (TPSA) is 56.7 Å². The van der Waals surface area contributed by atoms with E-state index in [0.29, 0.717) is 6.04 Å². The Hall–Kier alpha value is -1.30. The number of aromatic nitrogens is 4. The van der Waals surface area contributed by atoms with Crippen molar-refractivity contribution in [3.05, 3.63) is 23.3 Å². The highest BCUT2D eigenvalue weighted by Gasteiger charge is 2.21. The first-order valence-corrected chi connectivity index (χ1v) is 8.19. The highest BCUT2D eigenvalue weighted by Crippen LogP contribution is 2.33. The summed E-state index contributed by atoms with van der Waals surface area (Å²) < 4.78 is 7.41. The van der Waals surface area contributed by atoms with Crippen molar-refractivity contribution in [2.75, 3.05) is 0 Å². The Kier molecular flexibility index (Phi) is 4.10. The largest absolute Gasteiger partial charge is 0.361 e. The summed E-state index contributed by atoms with van der Waals surface area (Å²) in [5, 5.41) is 13.6. The van der Waals surface area contributed by atoms with Crippen LogP contribution < -0.4 is 0 Å². The van der Waals surface area contributed by atoms with Crippen molar-refractivity contribution >= 4 is 11.8 Å². The van der Waals surface area contributed by atoms with Gasteiger partial charge >= 0.3 is 0 Å². The van der Waals surface area contributed by atoms with Crippen LogP contribution in [0.4, 0.5) is 0 Å². The van der Waals surface area contributed by atoms with E-state index in [1.54, 1.807) is 11.8 Å². The van der Waals surface area contributed by atoms with Crippen molar-refractivity contribution in [1.82, 2.24) is 19.9 Å². The average molecular weight is 292 g/mol. The Morgan fingerprint density at radius 2 is 2.05 bits per heavy atom. The van der Waals surface area contributed by atoms with Gasteiger partial charge in [-0.1, -0.05) is 36.2 Å². The second-order valence-electron chi connectivity index (χ2n) is 5.41. The molecule has 0 aliphatic heterocycles. The first-order valence-electron chi connectivity index (χ1n) is 7.20. The molecule has 3 rings (SSSR count). The maximum atomic E-state index is 5.10. The lowest BCUT2D eigenvalue weighted by Gasteiger charge is -2.24. The molecule has 5 nitrogen and oxygen atoms in total. The predicted octanol–water partition coefficient (Wildman–Crippen LogP) is 3.68. The summed E-state index contributed by atoms with van der Waals surface area (Å²) >= 11 is 1.69. The molecule has 0 amide bonds. The van der Waals surface area contributed by atoms with Gasteiger partial charge in [0.1, 0.15) is 11.6 Å². The molecule has 1 aliphatic carbocycles. The third-order valence-corrected chi connectivity index (χ3v) is 4.78. The fourth-order valence-electron chi connectivity index (χ4n) is 2.83. The molecule has 0 N–H and O–H groups in total. The standard InChI is InChI=1S/C14H20N4OS/c1-10-8-12(17-19-10)9-20-14-16-15-11(2)18(14)13-6-4-3-5-7-13/h8,13H,3-7,9H2,1-2H3. The molecule has 2 aromatic rings. The lowest BCUT2D eigenvalue weighted by molar-refractivity contribution is 0.332. The Morgan fingerprint density at radius 3 is 2.75 bits per heavy atom. The maximum Gasteiger partial charge on any atom is 0.191 e. The molecule has 0 aromatic carbocycles. The highest BCUT2D eigenvalue weighted by molar-refractivity contribution is 7.98. The minimum absolute atomic E-state index is 0.570. The van der Waals surface area contributed by atoms with Crippen molar-refractivity contribution in [1.29, 1.82) is 0 Å². The van der Waals surface area contributed by atoms with Gasteiger partial charge in [-0.25, -0.2) is 0 Å². The number of thioether (sulfide) groups is 1. The second-order valence-corrected chi connectivity index (χ2v) is 6.35. The van der Waals surface area contributed by atoms with Crippen LogP contribution in [0.3, 0.4) is 0 Å². The summed E-state index contributed by atoms with van der Waals surface area (Å²) in [5.74, 6) is 2.66. The van der Waals surface area contributed by atoms with Crippen LogP contribution in [0, 0.1) is 13.8 Å². The summed E-state index contributed by atoms with van der Waals surface area (Å²) in [6.07, 6.45) is 6.48. The molecule has 0 bridgehead atoms. The van der Waals surface area contributed by atoms with Crippen molar-refractivity contribution in [3.8, 4) is 0 Å². The first-order chi connectivity index (χ1) is 9.74. The predicted molar refractivity (Wildman–Crippen MR) is 77.7 cm³/mol. The van der Waals surface area contributed by atoms with Gasteiger partial charge in [0, 0.05) is 17.9 Å². The zero-order valence-electron chi connectivity index (χ0n) is 12.0. The molecule has 1 aliphatic rings. The summed E-state index contributed by atoms with van der Waals surface area (Å²) in [7, 11) is 0. The number of aryl methyl sites for hydroxylation is 2. The molecular formula is C14H20N4OS. The van der Waals surface area contributed by atoms with Gasteiger partial charge in [-0.15, -0.1) is 10.2 Å². The fourth-order valence-corrected chi connectivity index (χ4v) is 3.76. The molecule has 0 spiro atoms. The molecule has 1 fully saturated rings. The molecule has 1 saturated carbocycles. The maximum absolute atomic E-state index is 5.10. The van der Waals surface area contributed by atoms with E-state index in [4.69, 9.17) is 4.52 Å². The van der Waals surface area contributed by atoms with E-state index in [1.807, 2.05) is 19.9 Å². The lowest BCUT2D eigenvalue weighted by atomic mass is 9.95. The normalized spacial score (nSPS) is 16.7. The van der Waals surface area contributed by atoms with Crippen LogP contribution in [-0.2, 0) is 5.75 Å². The number of hydrogen-bond donors (Lipinski definition) is 0. The van der Waals surface area contributed by atoms with Crippen molar-refractivity contribution in [2.24, 2.45) is 0 Å². The van der Waals surface area contributed by atoms with Crippen molar-refractivity contribution in [2.45, 2.75) is 62.9 Å².